The molecule has 4 atom stereocenters. The standard InChI is InChI=1S/C27H34Cl2N6O2/c1-16-13-21(34-11-4-5-20(34)7-9-25(36)37)10-12-33(16)24-15-30-26-17(2)32-35(27(26)31-24)18(3)22-8-6-19(28)14-23(22)29/h6,8,14-16,18,20-21H,4-5,7,9-13H2,1-3H3,(H,36,37)/t16-,18+,20-,21?/m0/s1. The van der Waals surface area contributed by atoms with Crippen molar-refractivity contribution >= 4 is 46.2 Å². The van der Waals surface area contributed by atoms with Gasteiger partial charge in [0.05, 0.1) is 17.9 Å². The van der Waals surface area contributed by atoms with Crippen molar-refractivity contribution in [2.45, 2.75) is 83.5 Å². The number of piperidine rings is 1. The van der Waals surface area contributed by atoms with Gasteiger partial charge in [-0.25, -0.2) is 14.6 Å². The van der Waals surface area contributed by atoms with Crippen molar-refractivity contribution in [3.8, 4) is 0 Å². The van der Waals surface area contributed by atoms with E-state index in [0.29, 0.717) is 28.2 Å². The Kier molecular flexibility index (Phi) is 7.61. The molecule has 2 aliphatic rings. The quantitative estimate of drug-likeness (QED) is 0.405. The summed E-state index contributed by atoms with van der Waals surface area (Å²) >= 11 is 12.6. The monoisotopic (exact) mass is 544 g/mol. The normalized spacial score (nSPS) is 23.6. The number of benzene rings is 1. The minimum Gasteiger partial charge on any atom is -0.481 e. The first-order valence-electron chi connectivity index (χ1n) is 13.1. The third-order valence-corrected chi connectivity index (χ3v) is 8.63. The highest BCUT2D eigenvalue weighted by molar-refractivity contribution is 6.35. The van der Waals surface area contributed by atoms with Crippen LogP contribution in [-0.4, -0.2) is 66.9 Å². The van der Waals surface area contributed by atoms with Crippen molar-refractivity contribution in [1.82, 2.24) is 24.6 Å². The summed E-state index contributed by atoms with van der Waals surface area (Å²) in [5.74, 6) is 0.156. The van der Waals surface area contributed by atoms with Crippen molar-refractivity contribution < 1.29 is 9.90 Å². The van der Waals surface area contributed by atoms with Crippen LogP contribution in [0.5, 0.6) is 0 Å². The maximum Gasteiger partial charge on any atom is 0.303 e. The molecule has 2 aliphatic heterocycles. The molecule has 2 saturated heterocycles. The SMILES string of the molecule is Cc1nn([C@H](C)c2ccc(Cl)cc2Cl)c2nc(N3CCC(N4CCC[C@H]4CCC(=O)O)C[C@@H]3C)cnc12. The van der Waals surface area contributed by atoms with Crippen molar-refractivity contribution in [2.75, 3.05) is 18.0 Å². The Balaban J connectivity index is 1.36. The number of aromatic nitrogens is 4. The van der Waals surface area contributed by atoms with Gasteiger partial charge in [0, 0.05) is 41.1 Å². The molecule has 3 aromatic rings. The zero-order valence-corrected chi connectivity index (χ0v) is 23.1. The van der Waals surface area contributed by atoms with Gasteiger partial charge in [-0.15, -0.1) is 0 Å². The topological polar surface area (TPSA) is 87.4 Å². The van der Waals surface area contributed by atoms with E-state index in [4.69, 9.17) is 43.4 Å². The van der Waals surface area contributed by atoms with Crippen LogP contribution in [0.1, 0.15) is 69.7 Å². The second kappa shape index (κ2) is 10.8. The van der Waals surface area contributed by atoms with Gasteiger partial charge in [-0.1, -0.05) is 29.3 Å². The number of rotatable bonds is 7. The molecule has 5 rings (SSSR count). The van der Waals surface area contributed by atoms with Crippen molar-refractivity contribution in [3.63, 3.8) is 0 Å². The Hall–Kier alpha value is -2.42. The zero-order chi connectivity index (χ0) is 26.3. The minimum absolute atomic E-state index is 0.133. The van der Waals surface area contributed by atoms with Gasteiger partial charge in [0.1, 0.15) is 11.3 Å². The molecule has 1 aromatic carbocycles. The molecule has 0 bridgehead atoms. The highest BCUT2D eigenvalue weighted by Crippen LogP contribution is 2.34. The lowest BCUT2D eigenvalue weighted by atomic mass is 9.95. The van der Waals surface area contributed by atoms with Gasteiger partial charge in [-0.2, -0.15) is 5.10 Å². The summed E-state index contributed by atoms with van der Waals surface area (Å²) in [6.07, 6.45) is 7.16. The third-order valence-electron chi connectivity index (χ3n) is 8.06. The van der Waals surface area contributed by atoms with Gasteiger partial charge < -0.3 is 10.0 Å². The largest absolute Gasteiger partial charge is 0.481 e. The molecular weight excluding hydrogens is 511 g/mol. The van der Waals surface area contributed by atoms with Crippen LogP contribution < -0.4 is 4.90 Å². The molecule has 0 amide bonds. The lowest BCUT2D eigenvalue weighted by Crippen LogP contribution is -2.50. The molecule has 1 unspecified atom stereocenters. The van der Waals surface area contributed by atoms with Gasteiger partial charge in [0.2, 0.25) is 0 Å². The molecule has 198 valence electrons. The van der Waals surface area contributed by atoms with Crippen LogP contribution in [0.25, 0.3) is 11.2 Å². The minimum atomic E-state index is -0.703. The Morgan fingerprint density at radius 3 is 2.78 bits per heavy atom. The van der Waals surface area contributed by atoms with Crippen LogP contribution >= 0.6 is 23.2 Å². The summed E-state index contributed by atoms with van der Waals surface area (Å²) in [5.41, 5.74) is 3.30. The molecule has 2 fully saturated rings. The number of hydrogen-bond donors (Lipinski definition) is 1. The number of aliphatic carboxylic acids is 1. The number of carboxylic acid groups (broad SMARTS) is 1. The molecule has 37 heavy (non-hydrogen) atoms. The van der Waals surface area contributed by atoms with E-state index in [1.54, 1.807) is 6.07 Å². The van der Waals surface area contributed by atoms with Gasteiger partial charge in [0.25, 0.3) is 0 Å². The summed E-state index contributed by atoms with van der Waals surface area (Å²) in [6.45, 7) is 8.21. The van der Waals surface area contributed by atoms with Gasteiger partial charge >= 0.3 is 5.97 Å². The number of fused-ring (bicyclic) bond motifs is 1. The van der Waals surface area contributed by atoms with E-state index in [0.717, 1.165) is 73.4 Å². The number of carboxylic acids is 1. The lowest BCUT2D eigenvalue weighted by Gasteiger charge is -2.43. The van der Waals surface area contributed by atoms with Crippen LogP contribution in [0.15, 0.2) is 24.4 Å². The summed E-state index contributed by atoms with van der Waals surface area (Å²) in [5, 5.41) is 15.1. The number of halogens is 2. The molecule has 4 heterocycles. The fourth-order valence-corrected chi connectivity index (χ4v) is 6.72. The fraction of sp³-hybridized carbons (Fsp3) is 0.556. The third kappa shape index (κ3) is 5.29. The van der Waals surface area contributed by atoms with Crippen LogP contribution in [0.3, 0.4) is 0 Å². The fourth-order valence-electron chi connectivity index (χ4n) is 6.15. The average molecular weight is 546 g/mol. The molecule has 0 aliphatic carbocycles. The van der Waals surface area contributed by atoms with E-state index in [2.05, 4.69) is 23.6 Å². The highest BCUT2D eigenvalue weighted by atomic mass is 35.5. The van der Waals surface area contributed by atoms with E-state index in [1.165, 1.54) is 0 Å². The number of anilines is 1. The van der Waals surface area contributed by atoms with E-state index < -0.39 is 5.97 Å². The molecule has 10 heteroatoms. The van der Waals surface area contributed by atoms with E-state index in [9.17, 15) is 4.79 Å². The summed E-state index contributed by atoms with van der Waals surface area (Å²) < 4.78 is 1.91. The smallest absolute Gasteiger partial charge is 0.303 e. The molecule has 0 saturated carbocycles. The summed E-state index contributed by atoms with van der Waals surface area (Å²) in [7, 11) is 0. The first kappa shape index (κ1) is 26.2. The maximum atomic E-state index is 11.1. The molecular formula is C27H34Cl2N6O2. The molecule has 2 aromatic heterocycles. The van der Waals surface area contributed by atoms with Crippen LogP contribution in [-0.2, 0) is 4.79 Å². The second-order valence-corrected chi connectivity index (χ2v) is 11.3. The van der Waals surface area contributed by atoms with Crippen molar-refractivity contribution in [1.29, 1.82) is 0 Å². The predicted octanol–water partition coefficient (Wildman–Crippen LogP) is 5.74. The lowest BCUT2D eigenvalue weighted by molar-refractivity contribution is -0.137. The molecule has 0 spiro atoms. The first-order chi connectivity index (χ1) is 17.7. The van der Waals surface area contributed by atoms with Crippen molar-refractivity contribution in [3.05, 3.63) is 45.7 Å². The average Bonchev–Trinajstić information content (AvgIpc) is 3.46. The molecule has 0 radical (unpaired) electrons. The van der Waals surface area contributed by atoms with Gasteiger partial charge in [0.15, 0.2) is 5.65 Å². The van der Waals surface area contributed by atoms with E-state index >= 15 is 0 Å². The Morgan fingerprint density at radius 1 is 1.24 bits per heavy atom. The van der Waals surface area contributed by atoms with Gasteiger partial charge in [-0.3, -0.25) is 9.69 Å². The Bertz CT molecular complexity index is 1300. The molecule has 1 N–H and O–H groups in total. The predicted molar refractivity (Wildman–Crippen MR) is 147 cm³/mol. The highest BCUT2D eigenvalue weighted by Gasteiger charge is 2.36. The zero-order valence-electron chi connectivity index (χ0n) is 21.6. The van der Waals surface area contributed by atoms with Crippen molar-refractivity contribution in [2.24, 2.45) is 0 Å². The number of hydrogen-bond acceptors (Lipinski definition) is 6. The first-order valence-corrected chi connectivity index (χ1v) is 13.9. The Labute approximate surface area is 227 Å². The number of nitrogens with zero attached hydrogens (tertiary/aromatic N) is 6. The second-order valence-electron chi connectivity index (χ2n) is 10.5. The summed E-state index contributed by atoms with van der Waals surface area (Å²) in [4.78, 5) is 25.9. The van der Waals surface area contributed by atoms with Gasteiger partial charge in [-0.05, 0) is 77.1 Å². The van der Waals surface area contributed by atoms with Crippen LogP contribution in [0.2, 0.25) is 10.0 Å². The maximum absolute atomic E-state index is 11.1. The Morgan fingerprint density at radius 2 is 2.05 bits per heavy atom. The van der Waals surface area contributed by atoms with E-state index in [1.807, 2.05) is 29.9 Å². The number of carbonyl (C=O) groups is 1. The molecule has 8 nitrogen and oxygen atoms in total. The number of likely N-dealkylation sites (tertiary alicyclic amines) is 1. The van der Waals surface area contributed by atoms with Crippen LogP contribution in [0, 0.1) is 6.92 Å². The van der Waals surface area contributed by atoms with Crippen LogP contribution in [0.4, 0.5) is 5.82 Å². The van der Waals surface area contributed by atoms with E-state index in [-0.39, 0.29) is 12.5 Å². The number of aryl methyl sites for hydroxylation is 1. The summed E-state index contributed by atoms with van der Waals surface area (Å²) in [6, 6.07) is 6.55.